The third-order valence-electron chi connectivity index (χ3n) is 4.99. The van der Waals surface area contributed by atoms with Gasteiger partial charge in [0.2, 0.25) is 0 Å². The molecule has 2 aromatic carbocycles. The Balaban J connectivity index is 1.89. The van der Waals surface area contributed by atoms with Crippen LogP contribution in [0, 0.1) is 5.82 Å². The summed E-state index contributed by atoms with van der Waals surface area (Å²) in [5.74, 6) is -0.149. The van der Waals surface area contributed by atoms with E-state index < -0.39 is 6.10 Å². The second kappa shape index (κ2) is 5.71. The fourth-order valence-electron chi connectivity index (χ4n) is 4.01. The van der Waals surface area contributed by atoms with E-state index >= 15 is 0 Å². The predicted molar refractivity (Wildman–Crippen MR) is 85.8 cm³/mol. The standard InChI is InChI=1S/C19H20FNO2/c1-21-10-12-9-17-13-4-2-3-5-14(13)18(22)15-7-6-11(20)8-16(15)19(17)23-12/h2-8,12,17-19,21-22H,9-10H2,1H3/t12-,17-,18+,19-/m1/s1. The average molecular weight is 313 g/mol. The first-order valence-corrected chi connectivity index (χ1v) is 8.05. The number of nitrogens with one attached hydrogen (secondary N) is 1. The number of halogens is 1. The molecule has 1 saturated heterocycles. The first kappa shape index (κ1) is 14.8. The van der Waals surface area contributed by atoms with Crippen molar-refractivity contribution in [3.05, 3.63) is 70.5 Å². The van der Waals surface area contributed by atoms with Gasteiger partial charge in [-0.2, -0.15) is 0 Å². The van der Waals surface area contributed by atoms with Crippen LogP contribution in [0.25, 0.3) is 0 Å². The third-order valence-corrected chi connectivity index (χ3v) is 4.99. The van der Waals surface area contributed by atoms with Gasteiger partial charge in [-0.15, -0.1) is 0 Å². The van der Waals surface area contributed by atoms with Gasteiger partial charge >= 0.3 is 0 Å². The first-order valence-electron chi connectivity index (χ1n) is 8.05. The molecule has 1 heterocycles. The highest BCUT2D eigenvalue weighted by Gasteiger charge is 2.42. The second-order valence-electron chi connectivity index (χ2n) is 6.38. The Labute approximate surface area is 135 Å². The summed E-state index contributed by atoms with van der Waals surface area (Å²) in [7, 11) is 1.91. The molecule has 0 aromatic heterocycles. The van der Waals surface area contributed by atoms with Crippen molar-refractivity contribution in [3.8, 4) is 0 Å². The third kappa shape index (κ3) is 2.38. The molecule has 4 heteroatoms. The summed E-state index contributed by atoms with van der Waals surface area (Å²) >= 11 is 0. The molecule has 1 aliphatic heterocycles. The lowest BCUT2D eigenvalue weighted by Gasteiger charge is -2.19. The Bertz CT molecular complexity index is 733. The monoisotopic (exact) mass is 313 g/mol. The quantitative estimate of drug-likeness (QED) is 0.895. The lowest BCUT2D eigenvalue weighted by Crippen LogP contribution is -2.23. The Morgan fingerprint density at radius 1 is 1.13 bits per heavy atom. The number of benzene rings is 2. The molecule has 2 N–H and O–H groups in total. The van der Waals surface area contributed by atoms with Crippen molar-refractivity contribution >= 4 is 0 Å². The summed E-state index contributed by atoms with van der Waals surface area (Å²) in [6.45, 7) is 0.766. The highest BCUT2D eigenvalue weighted by Crippen LogP contribution is 2.51. The Morgan fingerprint density at radius 3 is 2.65 bits per heavy atom. The lowest BCUT2D eigenvalue weighted by molar-refractivity contribution is 0.0412. The molecule has 1 fully saturated rings. The summed E-state index contributed by atoms with van der Waals surface area (Å²) in [5, 5.41) is 14.0. The van der Waals surface area contributed by atoms with Gasteiger partial charge in [-0.1, -0.05) is 30.3 Å². The van der Waals surface area contributed by atoms with E-state index in [9.17, 15) is 9.50 Å². The molecule has 0 amide bonds. The highest BCUT2D eigenvalue weighted by atomic mass is 19.1. The van der Waals surface area contributed by atoms with Crippen molar-refractivity contribution in [1.29, 1.82) is 0 Å². The Morgan fingerprint density at radius 2 is 1.87 bits per heavy atom. The van der Waals surface area contributed by atoms with Crippen molar-refractivity contribution in [2.75, 3.05) is 13.6 Å². The molecule has 0 saturated carbocycles. The van der Waals surface area contributed by atoms with Crippen molar-refractivity contribution in [1.82, 2.24) is 5.32 Å². The van der Waals surface area contributed by atoms with Crippen molar-refractivity contribution < 1.29 is 14.2 Å². The van der Waals surface area contributed by atoms with Crippen LogP contribution in [0.3, 0.4) is 0 Å². The van der Waals surface area contributed by atoms with Gasteiger partial charge in [0.1, 0.15) is 11.9 Å². The molecule has 0 radical (unpaired) electrons. The van der Waals surface area contributed by atoms with E-state index in [0.29, 0.717) is 0 Å². The van der Waals surface area contributed by atoms with E-state index in [1.807, 2.05) is 25.2 Å². The number of rotatable bonds is 2. The van der Waals surface area contributed by atoms with Crippen LogP contribution in [-0.2, 0) is 4.74 Å². The summed E-state index contributed by atoms with van der Waals surface area (Å²) in [4.78, 5) is 0. The molecule has 1 aliphatic carbocycles. The summed E-state index contributed by atoms with van der Waals surface area (Å²) in [5.41, 5.74) is 3.54. The fraction of sp³-hybridized carbons (Fsp3) is 0.368. The maximum Gasteiger partial charge on any atom is 0.123 e. The van der Waals surface area contributed by atoms with Crippen LogP contribution in [0.4, 0.5) is 4.39 Å². The average Bonchev–Trinajstić information content (AvgIpc) is 2.95. The zero-order chi connectivity index (χ0) is 16.0. The van der Waals surface area contributed by atoms with Crippen LogP contribution in [0.15, 0.2) is 42.5 Å². The topological polar surface area (TPSA) is 41.5 Å². The van der Waals surface area contributed by atoms with Gasteiger partial charge < -0.3 is 15.2 Å². The largest absolute Gasteiger partial charge is 0.384 e. The Hall–Kier alpha value is -1.75. The van der Waals surface area contributed by atoms with Gasteiger partial charge in [-0.05, 0) is 47.9 Å². The van der Waals surface area contributed by atoms with Crippen LogP contribution in [0.1, 0.15) is 46.8 Å². The first-order chi connectivity index (χ1) is 11.2. The summed E-state index contributed by atoms with van der Waals surface area (Å²) in [6, 6.07) is 12.6. The molecular weight excluding hydrogens is 293 g/mol. The smallest absolute Gasteiger partial charge is 0.123 e. The minimum atomic E-state index is -0.737. The maximum atomic E-state index is 13.8. The van der Waals surface area contributed by atoms with E-state index in [-0.39, 0.29) is 23.9 Å². The molecular formula is C19H20FNO2. The minimum absolute atomic E-state index is 0.0921. The number of likely N-dealkylation sites (N-methyl/N-ethyl adjacent to an activating group) is 1. The second-order valence-corrected chi connectivity index (χ2v) is 6.38. The summed E-state index contributed by atoms with van der Waals surface area (Å²) < 4.78 is 20.1. The maximum absolute atomic E-state index is 13.8. The van der Waals surface area contributed by atoms with Crippen molar-refractivity contribution in [3.63, 3.8) is 0 Å². The zero-order valence-electron chi connectivity index (χ0n) is 13.0. The van der Waals surface area contributed by atoms with Gasteiger partial charge in [-0.3, -0.25) is 0 Å². The van der Waals surface area contributed by atoms with Gasteiger partial charge in [0.15, 0.2) is 0 Å². The zero-order valence-corrected chi connectivity index (χ0v) is 13.0. The number of aliphatic hydroxyl groups is 1. The van der Waals surface area contributed by atoms with Gasteiger partial charge in [0.25, 0.3) is 0 Å². The van der Waals surface area contributed by atoms with E-state index in [1.165, 1.54) is 12.1 Å². The molecule has 2 aliphatic rings. The van der Waals surface area contributed by atoms with Crippen LogP contribution in [-0.4, -0.2) is 24.8 Å². The number of fused-ring (bicyclic) bond motifs is 5. The number of hydrogen-bond donors (Lipinski definition) is 2. The normalized spacial score (nSPS) is 28.7. The summed E-state index contributed by atoms with van der Waals surface area (Å²) in [6.07, 6.45) is 0.0103. The molecule has 4 rings (SSSR count). The van der Waals surface area contributed by atoms with Crippen molar-refractivity contribution in [2.24, 2.45) is 0 Å². The lowest BCUT2D eigenvalue weighted by atomic mass is 9.87. The highest BCUT2D eigenvalue weighted by molar-refractivity contribution is 5.47. The van der Waals surface area contributed by atoms with E-state index in [2.05, 4.69) is 11.4 Å². The Kier molecular flexibility index (Phi) is 3.68. The van der Waals surface area contributed by atoms with E-state index in [0.717, 1.165) is 35.2 Å². The molecule has 3 nitrogen and oxygen atoms in total. The van der Waals surface area contributed by atoms with Gasteiger partial charge in [-0.25, -0.2) is 4.39 Å². The minimum Gasteiger partial charge on any atom is -0.384 e. The molecule has 23 heavy (non-hydrogen) atoms. The molecule has 4 atom stereocenters. The fourth-order valence-corrected chi connectivity index (χ4v) is 4.01. The molecule has 0 bridgehead atoms. The molecule has 2 aromatic rings. The van der Waals surface area contributed by atoms with Crippen molar-refractivity contribution in [2.45, 2.75) is 30.7 Å². The number of hydrogen-bond acceptors (Lipinski definition) is 3. The van der Waals surface area contributed by atoms with E-state index in [1.54, 1.807) is 6.07 Å². The van der Waals surface area contributed by atoms with Crippen LogP contribution in [0.2, 0.25) is 0 Å². The predicted octanol–water partition coefficient (Wildman–Crippen LogP) is 3.05. The molecule has 0 spiro atoms. The molecule has 120 valence electrons. The van der Waals surface area contributed by atoms with Gasteiger partial charge in [0.05, 0.1) is 12.2 Å². The van der Waals surface area contributed by atoms with Crippen LogP contribution in [0.5, 0.6) is 0 Å². The molecule has 0 unspecified atom stereocenters. The number of aliphatic hydroxyl groups excluding tert-OH is 1. The van der Waals surface area contributed by atoms with Gasteiger partial charge in [0, 0.05) is 12.5 Å². The van der Waals surface area contributed by atoms with Crippen LogP contribution >= 0.6 is 0 Å². The SMILES string of the molecule is CNC[C@H]1C[C@@H]2c3ccccc3[C@H](O)c3ccc(F)cc3[C@H]2O1. The number of ether oxygens (including phenoxy) is 1. The van der Waals surface area contributed by atoms with E-state index in [4.69, 9.17) is 4.74 Å². The van der Waals surface area contributed by atoms with Crippen LogP contribution < -0.4 is 5.32 Å².